The van der Waals surface area contributed by atoms with Gasteiger partial charge in [-0.15, -0.1) is 10.2 Å². The topological polar surface area (TPSA) is 60.2 Å². The van der Waals surface area contributed by atoms with Gasteiger partial charge in [-0.3, -0.25) is 0 Å². The average Bonchev–Trinajstić information content (AvgIpc) is 3.24. The molecule has 0 saturated heterocycles. The molecule has 1 atom stereocenters. The summed E-state index contributed by atoms with van der Waals surface area (Å²) in [5.74, 6) is 0.892. The molecule has 5 nitrogen and oxygen atoms in total. The molecular formula is C23H20FN3O2. The maximum absolute atomic E-state index is 14.1. The summed E-state index contributed by atoms with van der Waals surface area (Å²) >= 11 is 0. The molecule has 1 unspecified atom stereocenters. The van der Waals surface area contributed by atoms with Gasteiger partial charge < -0.3 is 14.5 Å². The molecule has 0 bridgehead atoms. The Balaban J connectivity index is 1.66. The maximum atomic E-state index is 14.1. The largest absolute Gasteiger partial charge is 0.494 e. The fourth-order valence-corrected chi connectivity index (χ4v) is 3.01. The van der Waals surface area contributed by atoms with Crippen LogP contribution >= 0.6 is 0 Å². The van der Waals surface area contributed by atoms with E-state index in [1.165, 1.54) is 6.07 Å². The first kappa shape index (κ1) is 18.7. The predicted molar refractivity (Wildman–Crippen MR) is 109 cm³/mol. The second-order valence-corrected chi connectivity index (χ2v) is 6.37. The molecule has 29 heavy (non-hydrogen) atoms. The van der Waals surface area contributed by atoms with Gasteiger partial charge >= 0.3 is 0 Å². The Hall–Kier alpha value is -3.67. The van der Waals surface area contributed by atoms with Crippen LogP contribution in [0.15, 0.2) is 83.3 Å². The normalized spacial score (nSPS) is 11.8. The second-order valence-electron chi connectivity index (χ2n) is 6.37. The summed E-state index contributed by atoms with van der Waals surface area (Å²) < 4.78 is 25.4. The molecular weight excluding hydrogens is 369 g/mol. The summed E-state index contributed by atoms with van der Waals surface area (Å²) in [6.07, 6.45) is 0. The number of hydrogen-bond acceptors (Lipinski definition) is 5. The van der Waals surface area contributed by atoms with Crippen LogP contribution in [0.1, 0.15) is 24.4 Å². The fourth-order valence-electron chi connectivity index (χ4n) is 3.01. The van der Waals surface area contributed by atoms with E-state index in [0.29, 0.717) is 12.5 Å². The van der Waals surface area contributed by atoms with E-state index >= 15 is 0 Å². The van der Waals surface area contributed by atoms with Crippen LogP contribution in [0.4, 0.5) is 10.1 Å². The Bertz CT molecular complexity index is 1060. The van der Waals surface area contributed by atoms with Crippen molar-refractivity contribution in [1.82, 2.24) is 10.2 Å². The van der Waals surface area contributed by atoms with Crippen LogP contribution in [0.5, 0.6) is 5.75 Å². The molecule has 3 aromatic carbocycles. The SMILES string of the molecule is CCOc1ccc(NC(c2ccccc2)c2nnc(-c3ccccc3F)o2)cc1. The van der Waals surface area contributed by atoms with E-state index in [4.69, 9.17) is 9.15 Å². The molecule has 0 fully saturated rings. The van der Waals surface area contributed by atoms with E-state index in [-0.39, 0.29) is 17.5 Å². The molecule has 0 aliphatic heterocycles. The monoisotopic (exact) mass is 389 g/mol. The average molecular weight is 389 g/mol. The highest BCUT2D eigenvalue weighted by Gasteiger charge is 2.22. The summed E-state index contributed by atoms with van der Waals surface area (Å²) in [6, 6.07) is 23.4. The summed E-state index contributed by atoms with van der Waals surface area (Å²) in [5, 5.41) is 11.7. The predicted octanol–water partition coefficient (Wildman–Crippen LogP) is 5.48. The van der Waals surface area contributed by atoms with Crippen LogP contribution in [0, 0.1) is 5.82 Å². The number of nitrogens with zero attached hydrogens (tertiary/aromatic N) is 2. The minimum Gasteiger partial charge on any atom is -0.494 e. The van der Waals surface area contributed by atoms with Crippen molar-refractivity contribution in [1.29, 1.82) is 0 Å². The van der Waals surface area contributed by atoms with Crippen molar-refractivity contribution < 1.29 is 13.5 Å². The second kappa shape index (κ2) is 8.56. The van der Waals surface area contributed by atoms with Gasteiger partial charge in [0.05, 0.1) is 12.2 Å². The van der Waals surface area contributed by atoms with Crippen molar-refractivity contribution in [3.05, 3.63) is 96.1 Å². The van der Waals surface area contributed by atoms with Gasteiger partial charge in [-0.2, -0.15) is 0 Å². The Morgan fingerprint density at radius 3 is 2.38 bits per heavy atom. The molecule has 0 amide bonds. The van der Waals surface area contributed by atoms with Gasteiger partial charge in [0.25, 0.3) is 5.89 Å². The number of ether oxygens (including phenoxy) is 1. The van der Waals surface area contributed by atoms with E-state index in [1.54, 1.807) is 18.2 Å². The minimum absolute atomic E-state index is 0.146. The number of hydrogen-bond donors (Lipinski definition) is 1. The van der Waals surface area contributed by atoms with Crippen molar-refractivity contribution in [3.8, 4) is 17.2 Å². The molecule has 0 spiro atoms. The lowest BCUT2D eigenvalue weighted by atomic mass is 10.1. The van der Waals surface area contributed by atoms with E-state index in [0.717, 1.165) is 17.0 Å². The van der Waals surface area contributed by atoms with Gasteiger partial charge in [-0.1, -0.05) is 42.5 Å². The Kier molecular flexibility index (Phi) is 5.52. The fraction of sp³-hybridized carbons (Fsp3) is 0.130. The highest BCUT2D eigenvalue weighted by atomic mass is 19.1. The molecule has 0 saturated carbocycles. The number of rotatable bonds is 7. The Morgan fingerprint density at radius 2 is 1.66 bits per heavy atom. The van der Waals surface area contributed by atoms with Gasteiger partial charge in [0, 0.05) is 5.69 Å². The standard InChI is InChI=1S/C23H20FN3O2/c1-2-28-18-14-12-17(13-15-18)25-21(16-8-4-3-5-9-16)23-27-26-22(29-23)19-10-6-7-11-20(19)24/h3-15,21,25H,2H2,1H3. The maximum Gasteiger partial charge on any atom is 0.250 e. The minimum atomic E-state index is -0.404. The zero-order chi connectivity index (χ0) is 20.1. The van der Waals surface area contributed by atoms with Gasteiger partial charge in [0.2, 0.25) is 5.89 Å². The van der Waals surface area contributed by atoms with E-state index in [1.807, 2.05) is 61.5 Å². The van der Waals surface area contributed by atoms with Crippen LogP contribution in [0.3, 0.4) is 0 Å². The lowest BCUT2D eigenvalue weighted by molar-refractivity contribution is 0.340. The highest BCUT2D eigenvalue weighted by molar-refractivity contribution is 5.54. The molecule has 1 heterocycles. The molecule has 0 aliphatic rings. The first-order valence-corrected chi connectivity index (χ1v) is 9.37. The third-order valence-corrected chi connectivity index (χ3v) is 4.40. The quantitative estimate of drug-likeness (QED) is 0.454. The van der Waals surface area contributed by atoms with E-state index in [2.05, 4.69) is 15.5 Å². The van der Waals surface area contributed by atoms with Gasteiger partial charge in [-0.25, -0.2) is 4.39 Å². The summed E-state index contributed by atoms with van der Waals surface area (Å²) in [7, 11) is 0. The van der Waals surface area contributed by atoms with Gasteiger partial charge in [0.1, 0.15) is 17.6 Å². The molecule has 4 rings (SSSR count). The van der Waals surface area contributed by atoms with Crippen LogP contribution < -0.4 is 10.1 Å². The zero-order valence-electron chi connectivity index (χ0n) is 15.9. The van der Waals surface area contributed by atoms with Crippen molar-refractivity contribution in [2.45, 2.75) is 13.0 Å². The first-order chi connectivity index (χ1) is 14.2. The van der Waals surface area contributed by atoms with Crippen molar-refractivity contribution >= 4 is 5.69 Å². The number of anilines is 1. The summed E-state index contributed by atoms with van der Waals surface area (Å²) in [4.78, 5) is 0. The van der Waals surface area contributed by atoms with Crippen molar-refractivity contribution in [3.63, 3.8) is 0 Å². The Morgan fingerprint density at radius 1 is 0.931 bits per heavy atom. The van der Waals surface area contributed by atoms with Crippen molar-refractivity contribution in [2.75, 3.05) is 11.9 Å². The molecule has 0 radical (unpaired) electrons. The number of halogens is 1. The zero-order valence-corrected chi connectivity index (χ0v) is 15.9. The van der Waals surface area contributed by atoms with Crippen LogP contribution in [-0.4, -0.2) is 16.8 Å². The first-order valence-electron chi connectivity index (χ1n) is 9.37. The van der Waals surface area contributed by atoms with Gasteiger partial charge in [-0.05, 0) is 48.9 Å². The van der Waals surface area contributed by atoms with Gasteiger partial charge in [0.15, 0.2) is 0 Å². The molecule has 1 N–H and O–H groups in total. The Labute approximate surface area is 168 Å². The summed E-state index contributed by atoms with van der Waals surface area (Å²) in [6.45, 7) is 2.56. The van der Waals surface area contributed by atoms with Crippen LogP contribution in [0.25, 0.3) is 11.5 Å². The van der Waals surface area contributed by atoms with E-state index < -0.39 is 5.82 Å². The summed E-state index contributed by atoms with van der Waals surface area (Å²) in [5.41, 5.74) is 2.09. The number of aromatic nitrogens is 2. The van der Waals surface area contributed by atoms with E-state index in [9.17, 15) is 4.39 Å². The smallest absolute Gasteiger partial charge is 0.250 e. The molecule has 0 aliphatic carbocycles. The lowest BCUT2D eigenvalue weighted by Gasteiger charge is -2.17. The van der Waals surface area contributed by atoms with Crippen LogP contribution in [-0.2, 0) is 0 Å². The highest BCUT2D eigenvalue weighted by Crippen LogP contribution is 2.29. The molecule has 146 valence electrons. The third kappa shape index (κ3) is 4.27. The third-order valence-electron chi connectivity index (χ3n) is 4.40. The van der Waals surface area contributed by atoms with Crippen molar-refractivity contribution in [2.24, 2.45) is 0 Å². The lowest BCUT2D eigenvalue weighted by Crippen LogP contribution is -2.12. The van der Waals surface area contributed by atoms with Crippen LogP contribution in [0.2, 0.25) is 0 Å². The molecule has 6 heteroatoms. The number of benzene rings is 3. The molecule has 1 aromatic heterocycles. The molecule has 4 aromatic rings. The number of nitrogens with one attached hydrogen (secondary N) is 1.